The summed E-state index contributed by atoms with van der Waals surface area (Å²) in [5.41, 5.74) is 1.19. The van der Waals surface area contributed by atoms with Crippen LogP contribution in [0.1, 0.15) is 29.4 Å². The maximum absolute atomic E-state index is 13.5. The fourth-order valence-corrected chi connectivity index (χ4v) is 5.41. The van der Waals surface area contributed by atoms with Gasteiger partial charge in [0.1, 0.15) is 11.0 Å². The third-order valence-corrected chi connectivity index (χ3v) is 7.21. The van der Waals surface area contributed by atoms with Crippen LogP contribution in [0.4, 0.5) is 0 Å². The molecule has 0 N–H and O–H groups in total. The van der Waals surface area contributed by atoms with Gasteiger partial charge in [-0.2, -0.15) is 0 Å². The van der Waals surface area contributed by atoms with E-state index in [0.29, 0.717) is 26.8 Å². The standard InChI is InChI=1S/C25H22ClN3O3S/c26-18-10-11-20-21(15-18)27-25(29(23(20)30)16-19-9-6-14-32-19)33-22(17-7-2-1-3-8-17)24(31)28-12-4-5-13-28/h1-3,6-11,14-15,22H,4-5,12-13,16H2/t22-/m0/s1. The Hall–Kier alpha value is -3.03. The van der Waals surface area contributed by atoms with Crippen molar-refractivity contribution in [3.63, 3.8) is 0 Å². The lowest BCUT2D eigenvalue weighted by Gasteiger charge is -2.24. The van der Waals surface area contributed by atoms with Crippen molar-refractivity contribution in [1.29, 1.82) is 0 Å². The Balaban J connectivity index is 1.62. The lowest BCUT2D eigenvalue weighted by atomic mass is 10.1. The average Bonchev–Trinajstić information content (AvgIpc) is 3.54. The molecule has 2 aromatic carbocycles. The molecule has 1 saturated heterocycles. The molecule has 0 radical (unpaired) electrons. The Kier molecular flexibility index (Phi) is 6.24. The summed E-state index contributed by atoms with van der Waals surface area (Å²) in [6.45, 7) is 1.73. The van der Waals surface area contributed by atoms with Crippen molar-refractivity contribution < 1.29 is 9.21 Å². The Labute approximate surface area is 200 Å². The van der Waals surface area contributed by atoms with Crippen molar-refractivity contribution >= 4 is 40.2 Å². The number of hydrogen-bond donors (Lipinski definition) is 0. The average molecular weight is 480 g/mol. The fraction of sp³-hybridized carbons (Fsp3) is 0.240. The van der Waals surface area contributed by atoms with Crippen molar-refractivity contribution in [3.8, 4) is 0 Å². The summed E-state index contributed by atoms with van der Waals surface area (Å²) >= 11 is 7.48. The summed E-state index contributed by atoms with van der Waals surface area (Å²) in [4.78, 5) is 33.7. The molecule has 4 aromatic rings. The number of carbonyl (C=O) groups excluding carboxylic acids is 1. The third kappa shape index (κ3) is 4.56. The number of likely N-dealkylation sites (tertiary alicyclic amines) is 1. The van der Waals surface area contributed by atoms with Crippen LogP contribution in [0.3, 0.4) is 0 Å². The smallest absolute Gasteiger partial charge is 0.262 e. The highest BCUT2D eigenvalue weighted by atomic mass is 35.5. The van der Waals surface area contributed by atoms with E-state index in [1.165, 1.54) is 11.8 Å². The van der Waals surface area contributed by atoms with E-state index in [2.05, 4.69) is 0 Å². The topological polar surface area (TPSA) is 68.3 Å². The zero-order chi connectivity index (χ0) is 22.8. The van der Waals surface area contributed by atoms with Gasteiger partial charge in [0.25, 0.3) is 5.56 Å². The first-order valence-corrected chi connectivity index (χ1v) is 12.1. The molecule has 1 atom stereocenters. The van der Waals surface area contributed by atoms with Crippen LogP contribution in [-0.4, -0.2) is 33.4 Å². The normalized spacial score (nSPS) is 14.6. The number of fused-ring (bicyclic) bond motifs is 1. The van der Waals surface area contributed by atoms with Gasteiger partial charge in [0, 0.05) is 18.1 Å². The minimum absolute atomic E-state index is 0.0358. The summed E-state index contributed by atoms with van der Waals surface area (Å²) in [6, 6.07) is 18.3. The molecule has 1 aliphatic heterocycles. The predicted molar refractivity (Wildman–Crippen MR) is 130 cm³/mol. The quantitative estimate of drug-likeness (QED) is 0.282. The molecular formula is C25H22ClN3O3S. The molecular weight excluding hydrogens is 458 g/mol. The summed E-state index contributed by atoms with van der Waals surface area (Å²) in [7, 11) is 0. The second-order valence-corrected chi connectivity index (χ2v) is 9.48. The zero-order valence-electron chi connectivity index (χ0n) is 17.8. The van der Waals surface area contributed by atoms with Gasteiger partial charge in [0.15, 0.2) is 5.16 Å². The number of carbonyl (C=O) groups is 1. The van der Waals surface area contributed by atoms with Gasteiger partial charge in [0.2, 0.25) is 5.91 Å². The van der Waals surface area contributed by atoms with E-state index in [0.717, 1.165) is 31.5 Å². The second kappa shape index (κ2) is 9.45. The molecule has 2 aromatic heterocycles. The van der Waals surface area contributed by atoms with Crippen LogP contribution < -0.4 is 5.56 Å². The van der Waals surface area contributed by atoms with Gasteiger partial charge >= 0.3 is 0 Å². The van der Waals surface area contributed by atoms with E-state index in [4.69, 9.17) is 21.0 Å². The molecule has 0 aliphatic carbocycles. The molecule has 168 valence electrons. The molecule has 1 fully saturated rings. The van der Waals surface area contributed by atoms with E-state index in [1.807, 2.05) is 41.3 Å². The van der Waals surface area contributed by atoms with Crippen LogP contribution in [0, 0.1) is 0 Å². The van der Waals surface area contributed by atoms with Gasteiger partial charge in [-0.15, -0.1) is 0 Å². The maximum Gasteiger partial charge on any atom is 0.262 e. The Morgan fingerprint density at radius 3 is 2.61 bits per heavy atom. The van der Waals surface area contributed by atoms with Crippen molar-refractivity contribution in [1.82, 2.24) is 14.5 Å². The molecule has 8 heteroatoms. The zero-order valence-corrected chi connectivity index (χ0v) is 19.4. The largest absolute Gasteiger partial charge is 0.467 e. The molecule has 0 spiro atoms. The van der Waals surface area contributed by atoms with Gasteiger partial charge in [-0.05, 0) is 48.7 Å². The van der Waals surface area contributed by atoms with Crippen LogP contribution >= 0.6 is 23.4 Å². The van der Waals surface area contributed by atoms with Gasteiger partial charge in [-0.3, -0.25) is 14.2 Å². The number of aromatic nitrogens is 2. The molecule has 33 heavy (non-hydrogen) atoms. The summed E-state index contributed by atoms with van der Waals surface area (Å²) in [5, 5.41) is 0.905. The Bertz CT molecular complexity index is 1330. The van der Waals surface area contributed by atoms with E-state index < -0.39 is 5.25 Å². The minimum atomic E-state index is -0.518. The Morgan fingerprint density at radius 1 is 1.09 bits per heavy atom. The number of furan rings is 1. The first-order valence-electron chi connectivity index (χ1n) is 10.8. The first-order chi connectivity index (χ1) is 16.1. The van der Waals surface area contributed by atoms with Crippen molar-refractivity contribution in [2.75, 3.05) is 13.1 Å². The summed E-state index contributed by atoms with van der Waals surface area (Å²) in [6.07, 6.45) is 3.59. The molecule has 1 aliphatic rings. The number of nitrogens with zero attached hydrogens (tertiary/aromatic N) is 3. The first kappa shape index (κ1) is 21.8. The predicted octanol–water partition coefficient (Wildman–Crippen LogP) is 5.15. The number of hydrogen-bond acceptors (Lipinski definition) is 5. The Morgan fingerprint density at radius 2 is 1.88 bits per heavy atom. The van der Waals surface area contributed by atoms with Crippen molar-refractivity contribution in [3.05, 3.63) is 93.6 Å². The van der Waals surface area contributed by atoms with Crippen LogP contribution in [-0.2, 0) is 11.3 Å². The number of halogens is 1. The van der Waals surface area contributed by atoms with Crippen molar-refractivity contribution in [2.45, 2.75) is 29.8 Å². The highest BCUT2D eigenvalue weighted by Crippen LogP contribution is 2.37. The number of benzene rings is 2. The number of amides is 1. The number of thioether (sulfide) groups is 1. The molecule has 6 nitrogen and oxygen atoms in total. The van der Waals surface area contributed by atoms with Crippen LogP contribution in [0.15, 0.2) is 81.3 Å². The SMILES string of the molecule is O=C([C@@H](Sc1nc2cc(Cl)ccc2c(=O)n1Cc1ccco1)c1ccccc1)N1CCCC1. The summed E-state index contributed by atoms with van der Waals surface area (Å²) in [5.74, 6) is 0.671. The van der Waals surface area contributed by atoms with E-state index in [1.54, 1.807) is 35.1 Å². The van der Waals surface area contributed by atoms with Crippen LogP contribution in [0.2, 0.25) is 5.02 Å². The van der Waals surface area contributed by atoms with Crippen LogP contribution in [0.5, 0.6) is 0 Å². The van der Waals surface area contributed by atoms with Crippen molar-refractivity contribution in [2.24, 2.45) is 0 Å². The molecule has 0 unspecified atom stereocenters. The van der Waals surface area contributed by atoms with E-state index in [-0.39, 0.29) is 18.0 Å². The summed E-state index contributed by atoms with van der Waals surface area (Å²) < 4.78 is 7.08. The second-order valence-electron chi connectivity index (χ2n) is 7.97. The van der Waals surface area contributed by atoms with Gasteiger partial charge in [0.05, 0.1) is 23.7 Å². The van der Waals surface area contributed by atoms with E-state index >= 15 is 0 Å². The lowest BCUT2D eigenvalue weighted by Crippen LogP contribution is -2.32. The van der Waals surface area contributed by atoms with Gasteiger partial charge < -0.3 is 9.32 Å². The molecule has 3 heterocycles. The monoisotopic (exact) mass is 479 g/mol. The van der Waals surface area contributed by atoms with Gasteiger partial charge in [-0.25, -0.2) is 4.98 Å². The third-order valence-electron chi connectivity index (χ3n) is 5.74. The maximum atomic E-state index is 13.5. The minimum Gasteiger partial charge on any atom is -0.467 e. The fourth-order valence-electron chi connectivity index (χ4n) is 4.06. The molecule has 0 bridgehead atoms. The molecule has 1 amide bonds. The molecule has 5 rings (SSSR count). The lowest BCUT2D eigenvalue weighted by molar-refractivity contribution is -0.129. The molecule has 0 saturated carbocycles. The highest BCUT2D eigenvalue weighted by Gasteiger charge is 2.30. The van der Waals surface area contributed by atoms with Crippen LogP contribution in [0.25, 0.3) is 10.9 Å². The van der Waals surface area contributed by atoms with Gasteiger partial charge in [-0.1, -0.05) is 53.7 Å². The van der Waals surface area contributed by atoms with E-state index in [9.17, 15) is 9.59 Å². The highest BCUT2D eigenvalue weighted by molar-refractivity contribution is 8.00. The number of rotatable bonds is 6.